The van der Waals surface area contributed by atoms with Crippen LogP contribution in [-0.4, -0.2) is 50.8 Å². The van der Waals surface area contributed by atoms with Crippen molar-refractivity contribution in [1.29, 1.82) is 0 Å². The Kier molecular flexibility index (Phi) is 3.71. The monoisotopic (exact) mass is 377 g/mol. The van der Waals surface area contributed by atoms with Crippen LogP contribution in [0.1, 0.15) is 18.5 Å². The molecule has 8 nitrogen and oxygen atoms in total. The SMILES string of the molecule is N[N+]12C=CN=CC1=C(C1CCN(C(=O)O)CC1)N=C2c1cc2ccccc2[nH]1. The third-order valence-corrected chi connectivity index (χ3v) is 5.75. The number of nitrogens with zero attached hydrogens (tertiary/aromatic N) is 4. The summed E-state index contributed by atoms with van der Waals surface area (Å²) in [7, 11) is 0. The van der Waals surface area contributed by atoms with Crippen LogP contribution in [0.3, 0.4) is 0 Å². The van der Waals surface area contributed by atoms with Crippen molar-refractivity contribution in [3.8, 4) is 0 Å². The normalized spacial score (nSPS) is 24.8. The number of aromatic amines is 1. The number of aliphatic imine (C=N–C) groups is 2. The number of nitrogens with one attached hydrogen (secondary N) is 1. The fraction of sp³-hybridized carbons (Fsp3) is 0.250. The Hall–Kier alpha value is -3.23. The van der Waals surface area contributed by atoms with Crippen molar-refractivity contribution < 1.29 is 14.5 Å². The van der Waals surface area contributed by atoms with Crippen molar-refractivity contribution in [2.45, 2.75) is 12.8 Å². The number of para-hydroxylation sites is 1. The molecule has 0 spiro atoms. The summed E-state index contributed by atoms with van der Waals surface area (Å²) < 4.78 is -0.0230. The number of H-pyrrole nitrogens is 1. The Morgan fingerprint density at radius 2 is 2.07 bits per heavy atom. The van der Waals surface area contributed by atoms with Crippen molar-refractivity contribution in [3.63, 3.8) is 0 Å². The van der Waals surface area contributed by atoms with Gasteiger partial charge in [-0.2, -0.15) is 10.8 Å². The minimum atomic E-state index is -0.865. The lowest BCUT2D eigenvalue weighted by molar-refractivity contribution is -0.750. The molecule has 0 radical (unpaired) electrons. The third-order valence-electron chi connectivity index (χ3n) is 5.75. The molecule has 1 fully saturated rings. The van der Waals surface area contributed by atoms with Gasteiger partial charge < -0.3 is 15.0 Å². The molecule has 2 aromatic rings. The molecule has 0 saturated carbocycles. The Morgan fingerprint density at radius 1 is 1.29 bits per heavy atom. The standard InChI is InChI=1S/C20H20N6O2/c21-26-10-7-22-12-17(26)18(13-5-8-25(9-6-13)20(27)28)24-19(26)16-11-14-3-1-2-4-15(14)23-16/h1-4,7,10-13H,5-6,8-9,21H2,(H-,22,23,24,27,28)/p+1. The fourth-order valence-corrected chi connectivity index (χ4v) is 4.23. The Labute approximate surface area is 161 Å². The van der Waals surface area contributed by atoms with E-state index >= 15 is 0 Å². The van der Waals surface area contributed by atoms with Gasteiger partial charge in [-0.05, 0) is 25.0 Å². The first-order valence-electron chi connectivity index (χ1n) is 9.34. The van der Waals surface area contributed by atoms with Crippen LogP contribution < -0.4 is 5.84 Å². The average molecular weight is 377 g/mol. The summed E-state index contributed by atoms with van der Waals surface area (Å²) in [6.07, 6.45) is 5.89. The molecular weight excluding hydrogens is 356 g/mol. The number of aromatic nitrogens is 1. The molecule has 28 heavy (non-hydrogen) atoms. The summed E-state index contributed by atoms with van der Waals surface area (Å²) >= 11 is 0. The van der Waals surface area contributed by atoms with E-state index in [2.05, 4.69) is 22.1 Å². The molecule has 1 atom stereocenters. The van der Waals surface area contributed by atoms with Crippen LogP contribution in [-0.2, 0) is 0 Å². The van der Waals surface area contributed by atoms with E-state index in [1.54, 1.807) is 12.4 Å². The predicted molar refractivity (Wildman–Crippen MR) is 106 cm³/mol. The third kappa shape index (κ3) is 2.49. The van der Waals surface area contributed by atoms with E-state index in [-0.39, 0.29) is 10.5 Å². The molecule has 142 valence electrons. The molecule has 1 amide bonds. The Balaban J connectivity index is 1.54. The maximum Gasteiger partial charge on any atom is 0.407 e. The lowest BCUT2D eigenvalue weighted by Gasteiger charge is -2.30. The number of carboxylic acid groups (broad SMARTS) is 1. The first-order valence-corrected chi connectivity index (χ1v) is 9.34. The zero-order valence-electron chi connectivity index (χ0n) is 15.2. The number of piperidine rings is 1. The topological polar surface area (TPSA) is 107 Å². The molecule has 0 aliphatic carbocycles. The molecule has 8 heteroatoms. The summed E-state index contributed by atoms with van der Waals surface area (Å²) in [5.74, 6) is 7.67. The molecule has 3 aliphatic rings. The first-order chi connectivity index (χ1) is 13.6. The highest BCUT2D eigenvalue weighted by atomic mass is 16.4. The van der Waals surface area contributed by atoms with E-state index in [1.807, 2.05) is 24.4 Å². The molecule has 1 aromatic carbocycles. The van der Waals surface area contributed by atoms with E-state index in [4.69, 9.17) is 10.8 Å². The number of amidine groups is 1. The van der Waals surface area contributed by atoms with E-state index in [9.17, 15) is 9.90 Å². The summed E-state index contributed by atoms with van der Waals surface area (Å²) in [4.78, 5) is 25.3. The van der Waals surface area contributed by atoms with Gasteiger partial charge in [-0.3, -0.25) is 4.99 Å². The molecule has 1 aromatic heterocycles. The van der Waals surface area contributed by atoms with Crippen molar-refractivity contribution >= 4 is 29.0 Å². The predicted octanol–water partition coefficient (Wildman–Crippen LogP) is 2.78. The smallest absolute Gasteiger partial charge is 0.407 e. The number of hydrogen-bond acceptors (Lipinski definition) is 4. The van der Waals surface area contributed by atoms with Crippen LogP contribution in [0.4, 0.5) is 4.79 Å². The number of likely N-dealkylation sites (tertiary alicyclic amines) is 1. The van der Waals surface area contributed by atoms with Gasteiger partial charge in [0.1, 0.15) is 17.6 Å². The fourth-order valence-electron chi connectivity index (χ4n) is 4.23. The van der Waals surface area contributed by atoms with Crippen LogP contribution in [0.5, 0.6) is 0 Å². The number of carbonyl (C=O) groups is 1. The number of nitrogens with two attached hydrogens (primary N) is 1. The second-order valence-corrected chi connectivity index (χ2v) is 7.37. The number of hydrogen-bond donors (Lipinski definition) is 3. The zero-order valence-corrected chi connectivity index (χ0v) is 15.2. The van der Waals surface area contributed by atoms with Gasteiger partial charge in [0.05, 0.1) is 12.4 Å². The summed E-state index contributed by atoms with van der Waals surface area (Å²) in [5.41, 5.74) is 3.67. The molecule has 3 aliphatic heterocycles. The number of fused-ring (bicyclic) bond motifs is 2. The van der Waals surface area contributed by atoms with Gasteiger partial charge >= 0.3 is 6.09 Å². The van der Waals surface area contributed by atoms with Crippen LogP contribution >= 0.6 is 0 Å². The van der Waals surface area contributed by atoms with Crippen molar-refractivity contribution in [2.75, 3.05) is 13.1 Å². The van der Waals surface area contributed by atoms with E-state index in [1.165, 1.54) is 4.90 Å². The summed E-state index contributed by atoms with van der Waals surface area (Å²) in [5, 5.41) is 10.3. The molecule has 1 unspecified atom stereocenters. The Morgan fingerprint density at radius 3 is 2.82 bits per heavy atom. The lowest BCUT2D eigenvalue weighted by atomic mass is 9.92. The van der Waals surface area contributed by atoms with Gasteiger partial charge in [-0.15, -0.1) is 4.59 Å². The average Bonchev–Trinajstić information content (AvgIpc) is 3.26. The minimum Gasteiger partial charge on any atom is -0.465 e. The van der Waals surface area contributed by atoms with Crippen LogP contribution in [0.2, 0.25) is 0 Å². The van der Waals surface area contributed by atoms with Gasteiger partial charge in [0.15, 0.2) is 0 Å². The second kappa shape index (κ2) is 6.15. The number of rotatable bonds is 2. The van der Waals surface area contributed by atoms with Crippen LogP contribution in [0.15, 0.2) is 64.1 Å². The van der Waals surface area contributed by atoms with Crippen molar-refractivity contribution in [1.82, 2.24) is 9.88 Å². The Bertz CT molecular complexity index is 1050. The molecule has 1 saturated heterocycles. The zero-order chi connectivity index (χ0) is 19.3. The van der Waals surface area contributed by atoms with Crippen molar-refractivity contribution in [2.24, 2.45) is 21.7 Å². The van der Waals surface area contributed by atoms with Gasteiger partial charge in [-0.25, -0.2) is 4.79 Å². The molecule has 5 rings (SSSR count). The number of quaternary nitrogens is 1. The van der Waals surface area contributed by atoms with Gasteiger partial charge in [0.2, 0.25) is 5.70 Å². The van der Waals surface area contributed by atoms with E-state index < -0.39 is 6.09 Å². The largest absolute Gasteiger partial charge is 0.465 e. The number of amides is 1. The molecule has 4 heterocycles. The second-order valence-electron chi connectivity index (χ2n) is 7.37. The lowest BCUT2D eigenvalue weighted by Crippen LogP contribution is -2.53. The van der Waals surface area contributed by atoms with E-state index in [0.717, 1.165) is 46.7 Å². The summed E-state index contributed by atoms with van der Waals surface area (Å²) in [6, 6.07) is 10.1. The quantitative estimate of drug-likeness (QED) is 0.553. The highest BCUT2D eigenvalue weighted by molar-refractivity contribution is 6.02. The maximum atomic E-state index is 11.2. The highest BCUT2D eigenvalue weighted by Crippen LogP contribution is 2.38. The van der Waals surface area contributed by atoms with Gasteiger partial charge in [0, 0.05) is 29.9 Å². The number of benzene rings is 1. The maximum absolute atomic E-state index is 11.2. The van der Waals surface area contributed by atoms with Crippen molar-refractivity contribution in [3.05, 3.63) is 59.8 Å². The minimum absolute atomic E-state index is 0.0230. The first kappa shape index (κ1) is 16.9. The highest BCUT2D eigenvalue weighted by Gasteiger charge is 2.46. The summed E-state index contributed by atoms with van der Waals surface area (Å²) in [6.45, 7) is 1.01. The van der Waals surface area contributed by atoms with E-state index in [0.29, 0.717) is 13.1 Å². The van der Waals surface area contributed by atoms with Gasteiger partial charge in [0.25, 0.3) is 5.84 Å². The number of allylic oxidation sites excluding steroid dienone is 2. The van der Waals surface area contributed by atoms with Gasteiger partial charge in [-0.1, -0.05) is 18.2 Å². The molecule has 4 N–H and O–H groups in total. The molecule has 0 bridgehead atoms. The van der Waals surface area contributed by atoms with Crippen LogP contribution in [0, 0.1) is 5.92 Å². The van der Waals surface area contributed by atoms with Crippen LogP contribution in [0.25, 0.3) is 10.9 Å². The molecular formula is C20H21N6O2+.